The van der Waals surface area contributed by atoms with E-state index in [-0.39, 0.29) is 0 Å². The van der Waals surface area contributed by atoms with E-state index < -0.39 is 10.8 Å². The first-order valence-corrected chi connectivity index (χ1v) is 8.95. The SMILES string of the molecule is COc1ccc(CNCC[S@@](=O)c2ccccc2)c(OC)c1OC. The van der Waals surface area contributed by atoms with E-state index in [4.69, 9.17) is 14.2 Å². The van der Waals surface area contributed by atoms with E-state index >= 15 is 0 Å². The Morgan fingerprint density at radius 2 is 1.62 bits per heavy atom. The van der Waals surface area contributed by atoms with Crippen LogP contribution >= 0.6 is 0 Å². The predicted octanol–water partition coefficient (Wildman–Crippen LogP) is 2.61. The van der Waals surface area contributed by atoms with E-state index in [2.05, 4.69) is 5.32 Å². The maximum atomic E-state index is 12.2. The number of rotatable bonds is 9. The van der Waals surface area contributed by atoms with Crippen molar-refractivity contribution in [3.8, 4) is 17.2 Å². The van der Waals surface area contributed by atoms with Crippen molar-refractivity contribution in [2.45, 2.75) is 11.4 Å². The Morgan fingerprint density at radius 1 is 0.917 bits per heavy atom. The van der Waals surface area contributed by atoms with Crippen LogP contribution in [0.2, 0.25) is 0 Å². The van der Waals surface area contributed by atoms with Crippen molar-refractivity contribution in [1.29, 1.82) is 0 Å². The number of nitrogens with one attached hydrogen (secondary N) is 1. The van der Waals surface area contributed by atoms with E-state index in [1.165, 1.54) is 0 Å². The van der Waals surface area contributed by atoms with E-state index in [0.29, 0.717) is 36.1 Å². The molecule has 0 heterocycles. The van der Waals surface area contributed by atoms with Crippen LogP contribution in [0, 0.1) is 0 Å². The first kappa shape index (κ1) is 18.3. The summed E-state index contributed by atoms with van der Waals surface area (Å²) in [5.74, 6) is 2.41. The molecular weight excluding hydrogens is 326 g/mol. The summed E-state index contributed by atoms with van der Waals surface area (Å²) < 4.78 is 28.3. The molecule has 1 atom stereocenters. The zero-order valence-corrected chi connectivity index (χ0v) is 15.0. The van der Waals surface area contributed by atoms with Gasteiger partial charge in [0.25, 0.3) is 0 Å². The summed E-state index contributed by atoms with van der Waals surface area (Å²) in [5, 5.41) is 3.30. The molecule has 5 nitrogen and oxygen atoms in total. The van der Waals surface area contributed by atoms with Crippen LogP contribution in [0.3, 0.4) is 0 Å². The van der Waals surface area contributed by atoms with Gasteiger partial charge in [0.2, 0.25) is 5.75 Å². The highest BCUT2D eigenvalue weighted by atomic mass is 32.2. The molecular formula is C18H23NO4S. The minimum absolute atomic E-state index is 0.555. The first-order chi connectivity index (χ1) is 11.7. The average Bonchev–Trinajstić information content (AvgIpc) is 2.64. The second-order valence-electron chi connectivity index (χ2n) is 5.03. The highest BCUT2D eigenvalue weighted by molar-refractivity contribution is 7.85. The summed E-state index contributed by atoms with van der Waals surface area (Å²) in [5.41, 5.74) is 0.959. The third-order valence-corrected chi connectivity index (χ3v) is 4.94. The van der Waals surface area contributed by atoms with Gasteiger partial charge in [0, 0.05) is 29.3 Å². The third kappa shape index (κ3) is 4.49. The molecule has 0 unspecified atom stereocenters. The monoisotopic (exact) mass is 349 g/mol. The standard InChI is InChI=1S/C18H23NO4S/c1-21-16-10-9-14(17(22-2)18(16)23-3)13-19-11-12-24(20)15-7-5-4-6-8-15/h4-10,19H,11-13H2,1-3H3/t24-/m1/s1. The van der Waals surface area contributed by atoms with Crippen molar-refractivity contribution in [2.24, 2.45) is 0 Å². The van der Waals surface area contributed by atoms with Gasteiger partial charge in [0.1, 0.15) is 0 Å². The first-order valence-electron chi connectivity index (χ1n) is 7.63. The minimum Gasteiger partial charge on any atom is -0.493 e. The summed E-state index contributed by atoms with van der Waals surface area (Å²) in [4.78, 5) is 0.850. The molecule has 0 spiro atoms. The highest BCUT2D eigenvalue weighted by Crippen LogP contribution is 2.39. The summed E-state index contributed by atoms with van der Waals surface area (Å²) >= 11 is 0. The molecule has 0 aliphatic heterocycles. The van der Waals surface area contributed by atoms with Gasteiger partial charge in [-0.2, -0.15) is 0 Å². The molecule has 0 aliphatic rings. The number of methoxy groups -OCH3 is 3. The molecule has 24 heavy (non-hydrogen) atoms. The summed E-state index contributed by atoms with van der Waals surface area (Å²) in [7, 11) is 3.78. The molecule has 0 fully saturated rings. The van der Waals surface area contributed by atoms with Crippen molar-refractivity contribution in [3.05, 3.63) is 48.0 Å². The molecule has 1 N–H and O–H groups in total. The molecule has 0 saturated carbocycles. The van der Waals surface area contributed by atoms with E-state index in [1.54, 1.807) is 21.3 Å². The fourth-order valence-corrected chi connectivity index (χ4v) is 3.41. The Kier molecular flexibility index (Phi) is 7.08. The molecule has 0 amide bonds. The topological polar surface area (TPSA) is 56.8 Å². The van der Waals surface area contributed by atoms with Crippen molar-refractivity contribution < 1.29 is 18.4 Å². The van der Waals surface area contributed by atoms with Crippen molar-refractivity contribution in [1.82, 2.24) is 5.32 Å². The highest BCUT2D eigenvalue weighted by Gasteiger charge is 2.15. The van der Waals surface area contributed by atoms with E-state index in [1.807, 2.05) is 42.5 Å². The van der Waals surface area contributed by atoms with Gasteiger partial charge in [-0.15, -0.1) is 0 Å². The lowest BCUT2D eigenvalue weighted by Crippen LogP contribution is -2.20. The summed E-state index contributed by atoms with van der Waals surface area (Å²) in [6.07, 6.45) is 0. The zero-order chi connectivity index (χ0) is 17.4. The normalized spacial score (nSPS) is 11.8. The number of ether oxygens (including phenoxy) is 3. The molecule has 0 aliphatic carbocycles. The predicted molar refractivity (Wildman–Crippen MR) is 95.5 cm³/mol. The Hall–Kier alpha value is -2.05. The lowest BCUT2D eigenvalue weighted by Gasteiger charge is -2.16. The fraction of sp³-hybridized carbons (Fsp3) is 0.333. The van der Waals surface area contributed by atoms with Crippen LogP contribution in [-0.2, 0) is 17.3 Å². The lowest BCUT2D eigenvalue weighted by molar-refractivity contribution is 0.321. The molecule has 0 radical (unpaired) electrons. The van der Waals surface area contributed by atoms with Gasteiger partial charge in [-0.1, -0.05) is 24.3 Å². The maximum absolute atomic E-state index is 12.2. The number of benzene rings is 2. The zero-order valence-electron chi connectivity index (χ0n) is 14.2. The quantitative estimate of drug-likeness (QED) is 0.705. The van der Waals surface area contributed by atoms with Gasteiger partial charge in [-0.05, 0) is 18.2 Å². The van der Waals surface area contributed by atoms with Gasteiger partial charge in [-0.3, -0.25) is 4.21 Å². The fourth-order valence-electron chi connectivity index (χ4n) is 2.38. The molecule has 2 aromatic carbocycles. The van der Waals surface area contributed by atoms with Gasteiger partial charge < -0.3 is 19.5 Å². The van der Waals surface area contributed by atoms with Crippen molar-refractivity contribution in [2.75, 3.05) is 33.6 Å². The van der Waals surface area contributed by atoms with E-state index in [0.717, 1.165) is 10.5 Å². The molecule has 2 aromatic rings. The Balaban J connectivity index is 1.94. The number of hydrogen-bond donors (Lipinski definition) is 1. The second kappa shape index (κ2) is 9.30. The van der Waals surface area contributed by atoms with Crippen LogP contribution in [0.5, 0.6) is 17.2 Å². The molecule has 0 saturated heterocycles. The van der Waals surface area contributed by atoms with Crippen molar-refractivity contribution >= 4 is 10.8 Å². The third-order valence-electron chi connectivity index (χ3n) is 3.57. The van der Waals surface area contributed by atoms with Crippen LogP contribution in [0.15, 0.2) is 47.4 Å². The number of hydrogen-bond acceptors (Lipinski definition) is 5. The molecule has 2 rings (SSSR count). The minimum atomic E-state index is -0.998. The smallest absolute Gasteiger partial charge is 0.203 e. The molecule has 0 bridgehead atoms. The van der Waals surface area contributed by atoms with Crippen LogP contribution in [0.4, 0.5) is 0 Å². The largest absolute Gasteiger partial charge is 0.493 e. The summed E-state index contributed by atoms with van der Waals surface area (Å²) in [6, 6.07) is 13.3. The van der Waals surface area contributed by atoms with Gasteiger partial charge >= 0.3 is 0 Å². The van der Waals surface area contributed by atoms with E-state index in [9.17, 15) is 4.21 Å². The van der Waals surface area contributed by atoms with Crippen LogP contribution < -0.4 is 19.5 Å². The second-order valence-corrected chi connectivity index (χ2v) is 6.60. The average molecular weight is 349 g/mol. The van der Waals surface area contributed by atoms with Crippen LogP contribution in [0.1, 0.15) is 5.56 Å². The van der Waals surface area contributed by atoms with Crippen LogP contribution in [0.25, 0.3) is 0 Å². The van der Waals surface area contributed by atoms with Gasteiger partial charge in [0.15, 0.2) is 11.5 Å². The Labute approximate surface area is 145 Å². The molecule has 0 aromatic heterocycles. The lowest BCUT2D eigenvalue weighted by atomic mass is 10.1. The van der Waals surface area contributed by atoms with Gasteiger partial charge in [-0.25, -0.2) is 0 Å². The van der Waals surface area contributed by atoms with Crippen molar-refractivity contribution in [3.63, 3.8) is 0 Å². The maximum Gasteiger partial charge on any atom is 0.203 e. The van der Waals surface area contributed by atoms with Gasteiger partial charge in [0.05, 0.1) is 32.1 Å². The molecule has 6 heteroatoms. The molecule has 130 valence electrons. The summed E-state index contributed by atoms with van der Waals surface area (Å²) in [6.45, 7) is 1.23. The van der Waals surface area contributed by atoms with Crippen LogP contribution in [-0.4, -0.2) is 37.8 Å². The Bertz CT molecular complexity index is 676. The Morgan fingerprint density at radius 3 is 2.25 bits per heavy atom.